The molecule has 1 N–H and O–H groups in total. The molecule has 0 fully saturated rings. The van der Waals surface area contributed by atoms with E-state index in [2.05, 4.69) is 22.3 Å². The van der Waals surface area contributed by atoms with E-state index >= 15 is 0 Å². The maximum Gasteiger partial charge on any atom is 0.238 e. The van der Waals surface area contributed by atoms with Gasteiger partial charge in [-0.05, 0) is 55.7 Å². The summed E-state index contributed by atoms with van der Waals surface area (Å²) >= 11 is 0. The standard InChI is InChI=1S/C21H26N2O3/c1-3-25-18-10-9-16-11-12-23(14-17(16)13-18)15-21(24)22-19-7-5-6-8-20(19)26-4-2/h5-10,13H,3-4,11-12,14-15H2,1-2H3,(H,22,24). The van der Waals surface area contributed by atoms with Crippen molar-refractivity contribution >= 4 is 11.6 Å². The van der Waals surface area contributed by atoms with Gasteiger partial charge in [-0.25, -0.2) is 0 Å². The van der Waals surface area contributed by atoms with Crippen molar-refractivity contribution in [2.75, 3.05) is 31.6 Å². The fourth-order valence-corrected chi connectivity index (χ4v) is 3.23. The summed E-state index contributed by atoms with van der Waals surface area (Å²) in [6.45, 7) is 7.13. The third kappa shape index (κ3) is 4.55. The fraction of sp³-hybridized carbons (Fsp3) is 0.381. The summed E-state index contributed by atoms with van der Waals surface area (Å²) in [7, 11) is 0. The zero-order chi connectivity index (χ0) is 18.4. The summed E-state index contributed by atoms with van der Waals surface area (Å²) in [5.41, 5.74) is 3.30. The molecule has 1 amide bonds. The van der Waals surface area contributed by atoms with E-state index in [1.807, 2.05) is 44.2 Å². The Morgan fingerprint density at radius 2 is 1.88 bits per heavy atom. The number of hydrogen-bond acceptors (Lipinski definition) is 4. The minimum absolute atomic E-state index is 0.0263. The van der Waals surface area contributed by atoms with Gasteiger partial charge >= 0.3 is 0 Å². The molecule has 0 aromatic heterocycles. The lowest BCUT2D eigenvalue weighted by Crippen LogP contribution is -2.37. The first kappa shape index (κ1) is 18.3. The monoisotopic (exact) mass is 354 g/mol. The van der Waals surface area contributed by atoms with Crippen LogP contribution in [0.15, 0.2) is 42.5 Å². The molecule has 0 atom stereocenters. The van der Waals surface area contributed by atoms with Gasteiger partial charge in [-0.15, -0.1) is 0 Å². The molecule has 1 aliphatic heterocycles. The summed E-state index contributed by atoms with van der Waals surface area (Å²) in [5, 5.41) is 2.97. The Hall–Kier alpha value is -2.53. The van der Waals surface area contributed by atoms with Crippen molar-refractivity contribution < 1.29 is 14.3 Å². The first-order valence-electron chi connectivity index (χ1n) is 9.18. The number of rotatable bonds is 7. The molecule has 5 nitrogen and oxygen atoms in total. The van der Waals surface area contributed by atoms with E-state index in [-0.39, 0.29) is 5.91 Å². The molecule has 0 saturated heterocycles. The lowest BCUT2D eigenvalue weighted by molar-refractivity contribution is -0.117. The largest absolute Gasteiger partial charge is 0.494 e. The molecular formula is C21H26N2O3. The number of benzene rings is 2. The third-order valence-electron chi connectivity index (χ3n) is 4.41. The van der Waals surface area contributed by atoms with Crippen LogP contribution in [0.5, 0.6) is 11.5 Å². The lowest BCUT2D eigenvalue weighted by Gasteiger charge is -2.28. The quantitative estimate of drug-likeness (QED) is 0.827. The number of ether oxygens (including phenoxy) is 2. The van der Waals surface area contributed by atoms with Crippen LogP contribution in [-0.4, -0.2) is 37.1 Å². The second-order valence-electron chi connectivity index (χ2n) is 6.30. The van der Waals surface area contributed by atoms with Crippen LogP contribution in [0.25, 0.3) is 0 Å². The maximum absolute atomic E-state index is 12.5. The summed E-state index contributed by atoms with van der Waals surface area (Å²) in [4.78, 5) is 14.6. The molecule has 3 rings (SSSR count). The second kappa shape index (κ2) is 8.72. The fourth-order valence-electron chi connectivity index (χ4n) is 3.23. The Bertz CT molecular complexity index is 761. The molecule has 138 valence electrons. The van der Waals surface area contributed by atoms with Crippen molar-refractivity contribution in [1.29, 1.82) is 0 Å². The molecule has 2 aromatic rings. The molecule has 5 heteroatoms. The van der Waals surface area contributed by atoms with Gasteiger partial charge in [0.2, 0.25) is 5.91 Å². The van der Waals surface area contributed by atoms with Crippen LogP contribution in [0.3, 0.4) is 0 Å². The minimum Gasteiger partial charge on any atom is -0.494 e. The van der Waals surface area contributed by atoms with Crippen molar-refractivity contribution in [3.63, 3.8) is 0 Å². The van der Waals surface area contributed by atoms with Crippen LogP contribution in [0.4, 0.5) is 5.69 Å². The highest BCUT2D eigenvalue weighted by Gasteiger charge is 2.19. The average Bonchev–Trinajstić information content (AvgIpc) is 2.63. The van der Waals surface area contributed by atoms with Crippen molar-refractivity contribution in [3.05, 3.63) is 53.6 Å². The highest BCUT2D eigenvalue weighted by Crippen LogP contribution is 2.25. The van der Waals surface area contributed by atoms with Crippen molar-refractivity contribution in [2.24, 2.45) is 0 Å². The van der Waals surface area contributed by atoms with Crippen LogP contribution in [0.2, 0.25) is 0 Å². The van der Waals surface area contributed by atoms with Crippen molar-refractivity contribution in [1.82, 2.24) is 4.90 Å². The van der Waals surface area contributed by atoms with Crippen LogP contribution in [0.1, 0.15) is 25.0 Å². The number of amides is 1. The Morgan fingerprint density at radius 1 is 1.08 bits per heavy atom. The van der Waals surface area contributed by atoms with E-state index < -0.39 is 0 Å². The number of nitrogens with zero attached hydrogens (tertiary/aromatic N) is 1. The van der Waals surface area contributed by atoms with Gasteiger partial charge in [0.05, 0.1) is 25.4 Å². The molecule has 0 saturated carbocycles. The number of fused-ring (bicyclic) bond motifs is 1. The smallest absolute Gasteiger partial charge is 0.238 e. The normalized spacial score (nSPS) is 13.8. The predicted octanol–water partition coefficient (Wildman–Crippen LogP) is 3.48. The molecule has 0 unspecified atom stereocenters. The van der Waals surface area contributed by atoms with Gasteiger partial charge in [0, 0.05) is 13.1 Å². The zero-order valence-electron chi connectivity index (χ0n) is 15.5. The predicted molar refractivity (Wildman–Crippen MR) is 103 cm³/mol. The molecule has 2 aromatic carbocycles. The molecule has 0 aliphatic carbocycles. The molecular weight excluding hydrogens is 328 g/mol. The number of nitrogens with one attached hydrogen (secondary N) is 1. The summed E-state index contributed by atoms with van der Waals surface area (Å²) in [6.07, 6.45) is 0.949. The Labute approximate surface area is 154 Å². The van der Waals surface area contributed by atoms with Crippen molar-refractivity contribution in [3.8, 4) is 11.5 Å². The first-order chi connectivity index (χ1) is 12.7. The van der Waals surface area contributed by atoms with Crippen molar-refractivity contribution in [2.45, 2.75) is 26.8 Å². The van der Waals surface area contributed by atoms with Gasteiger partial charge in [-0.2, -0.15) is 0 Å². The summed E-state index contributed by atoms with van der Waals surface area (Å²) in [6, 6.07) is 13.8. The van der Waals surface area contributed by atoms with E-state index in [9.17, 15) is 4.79 Å². The van der Waals surface area contributed by atoms with Crippen LogP contribution >= 0.6 is 0 Å². The maximum atomic E-state index is 12.5. The Balaban J connectivity index is 1.61. The van der Waals surface area contributed by atoms with E-state index in [4.69, 9.17) is 9.47 Å². The highest BCUT2D eigenvalue weighted by molar-refractivity contribution is 5.93. The molecule has 0 radical (unpaired) electrons. The van der Waals surface area contributed by atoms with Gasteiger partial charge in [0.25, 0.3) is 0 Å². The van der Waals surface area contributed by atoms with Gasteiger partial charge in [-0.1, -0.05) is 18.2 Å². The van der Waals surface area contributed by atoms with E-state index in [1.54, 1.807) is 0 Å². The number of hydrogen-bond donors (Lipinski definition) is 1. The van der Waals surface area contributed by atoms with E-state index in [0.717, 1.165) is 30.9 Å². The number of carbonyl (C=O) groups excluding carboxylic acids is 1. The summed E-state index contributed by atoms with van der Waals surface area (Å²) in [5.74, 6) is 1.57. The Morgan fingerprint density at radius 3 is 2.69 bits per heavy atom. The number of anilines is 1. The number of carbonyl (C=O) groups is 1. The third-order valence-corrected chi connectivity index (χ3v) is 4.41. The van der Waals surface area contributed by atoms with Gasteiger partial charge < -0.3 is 14.8 Å². The zero-order valence-corrected chi connectivity index (χ0v) is 15.5. The summed E-state index contributed by atoms with van der Waals surface area (Å²) < 4.78 is 11.2. The average molecular weight is 354 g/mol. The lowest BCUT2D eigenvalue weighted by atomic mass is 9.99. The van der Waals surface area contributed by atoms with E-state index in [0.29, 0.717) is 25.5 Å². The number of para-hydroxylation sites is 2. The molecule has 26 heavy (non-hydrogen) atoms. The Kier molecular flexibility index (Phi) is 6.12. The van der Waals surface area contributed by atoms with Gasteiger partial charge in [0.1, 0.15) is 11.5 Å². The molecule has 0 bridgehead atoms. The van der Waals surface area contributed by atoms with Gasteiger partial charge in [0.15, 0.2) is 0 Å². The van der Waals surface area contributed by atoms with Gasteiger partial charge in [-0.3, -0.25) is 9.69 Å². The molecule has 1 heterocycles. The first-order valence-corrected chi connectivity index (χ1v) is 9.18. The topological polar surface area (TPSA) is 50.8 Å². The van der Waals surface area contributed by atoms with Crippen LogP contribution in [-0.2, 0) is 17.8 Å². The highest BCUT2D eigenvalue weighted by atomic mass is 16.5. The minimum atomic E-state index is -0.0263. The molecule has 0 spiro atoms. The van der Waals surface area contributed by atoms with Crippen LogP contribution < -0.4 is 14.8 Å². The second-order valence-corrected chi connectivity index (χ2v) is 6.30. The van der Waals surface area contributed by atoms with Crippen LogP contribution in [0, 0.1) is 0 Å². The SMILES string of the molecule is CCOc1ccc2c(c1)CN(CC(=O)Nc1ccccc1OCC)CC2. The van der Waals surface area contributed by atoms with E-state index in [1.165, 1.54) is 11.1 Å². The molecule has 1 aliphatic rings.